The molecule has 0 atom stereocenters. The summed E-state index contributed by atoms with van der Waals surface area (Å²) in [6, 6.07) is 8.81. The summed E-state index contributed by atoms with van der Waals surface area (Å²) in [5.41, 5.74) is 8.21. The zero-order valence-electron chi connectivity index (χ0n) is 12.0. The number of hydrogen-bond donors (Lipinski definition) is 1. The Labute approximate surface area is 119 Å². The van der Waals surface area contributed by atoms with Gasteiger partial charge in [0.05, 0.1) is 24.3 Å². The van der Waals surface area contributed by atoms with E-state index in [1.807, 2.05) is 6.07 Å². The minimum absolute atomic E-state index is 0.396. The second-order valence-corrected chi connectivity index (χ2v) is 4.54. The molecule has 0 amide bonds. The molecule has 4 heteroatoms. The molecule has 0 saturated heterocycles. The number of ether oxygens (including phenoxy) is 1. The largest absolute Gasteiger partial charge is 0.465 e. The fraction of sp³-hybridized carbons (Fsp3) is 0.375. The van der Waals surface area contributed by atoms with E-state index >= 15 is 0 Å². The van der Waals surface area contributed by atoms with Crippen molar-refractivity contribution in [2.75, 3.05) is 7.11 Å². The summed E-state index contributed by atoms with van der Waals surface area (Å²) in [5.74, 6) is -0.441. The molecule has 0 fully saturated rings. The van der Waals surface area contributed by atoms with Gasteiger partial charge in [0.25, 0.3) is 0 Å². The number of methoxy groups -OCH3 is 1. The average Bonchev–Trinajstić information content (AvgIpc) is 2.48. The van der Waals surface area contributed by atoms with Gasteiger partial charge in [-0.3, -0.25) is 0 Å². The van der Waals surface area contributed by atoms with Gasteiger partial charge in [0.2, 0.25) is 0 Å². The van der Waals surface area contributed by atoms with E-state index in [2.05, 4.69) is 6.92 Å². The Bertz CT molecular complexity index is 524. The molecule has 0 aromatic heterocycles. The number of hydrogen-bond acceptors (Lipinski definition) is 4. The predicted octanol–water partition coefficient (Wildman–Crippen LogP) is 2.98. The van der Waals surface area contributed by atoms with Gasteiger partial charge in [-0.05, 0) is 30.5 Å². The Morgan fingerprint density at radius 1 is 1.30 bits per heavy atom. The molecule has 0 aliphatic carbocycles. The molecule has 1 rings (SSSR count). The van der Waals surface area contributed by atoms with Crippen LogP contribution in [-0.2, 0) is 9.53 Å². The van der Waals surface area contributed by atoms with Crippen LogP contribution in [0.2, 0.25) is 0 Å². The van der Waals surface area contributed by atoms with E-state index in [0.717, 1.165) is 19.3 Å². The van der Waals surface area contributed by atoms with Gasteiger partial charge in [-0.2, -0.15) is 5.26 Å². The van der Waals surface area contributed by atoms with E-state index in [1.54, 1.807) is 24.3 Å². The molecule has 0 heterocycles. The SMILES string of the molecule is CCCCC/C(N)=C(/C(=O)OC)c1ccc(C#N)cc1. The molecular formula is C16H20N2O2. The van der Waals surface area contributed by atoms with Gasteiger partial charge < -0.3 is 10.5 Å². The Morgan fingerprint density at radius 2 is 1.95 bits per heavy atom. The van der Waals surface area contributed by atoms with Crippen molar-refractivity contribution in [2.45, 2.75) is 32.6 Å². The zero-order chi connectivity index (χ0) is 15.0. The third kappa shape index (κ3) is 4.13. The highest BCUT2D eigenvalue weighted by atomic mass is 16.5. The molecule has 0 spiro atoms. The van der Waals surface area contributed by atoms with E-state index in [4.69, 9.17) is 15.7 Å². The Balaban J connectivity index is 3.07. The van der Waals surface area contributed by atoms with Gasteiger partial charge in [-0.1, -0.05) is 31.9 Å². The molecular weight excluding hydrogens is 252 g/mol. The number of carbonyl (C=O) groups excluding carboxylic acids is 1. The first-order valence-corrected chi connectivity index (χ1v) is 6.71. The lowest BCUT2D eigenvalue weighted by Crippen LogP contribution is -2.12. The second kappa shape index (κ2) is 8.00. The van der Waals surface area contributed by atoms with Crippen molar-refractivity contribution in [3.05, 3.63) is 41.1 Å². The number of allylic oxidation sites excluding steroid dienone is 1. The minimum Gasteiger partial charge on any atom is -0.465 e. The number of rotatable bonds is 6. The quantitative estimate of drug-likeness (QED) is 0.490. The lowest BCUT2D eigenvalue weighted by Gasteiger charge is -2.10. The van der Waals surface area contributed by atoms with Gasteiger partial charge in [0, 0.05) is 5.70 Å². The van der Waals surface area contributed by atoms with Crippen LogP contribution in [0.1, 0.15) is 43.7 Å². The second-order valence-electron chi connectivity index (χ2n) is 4.54. The monoisotopic (exact) mass is 272 g/mol. The molecule has 20 heavy (non-hydrogen) atoms. The van der Waals surface area contributed by atoms with Gasteiger partial charge >= 0.3 is 5.97 Å². The van der Waals surface area contributed by atoms with Crippen molar-refractivity contribution in [1.82, 2.24) is 0 Å². The maximum atomic E-state index is 11.9. The van der Waals surface area contributed by atoms with Crippen molar-refractivity contribution in [2.24, 2.45) is 5.73 Å². The fourth-order valence-corrected chi connectivity index (χ4v) is 1.94. The Hall–Kier alpha value is -2.28. The van der Waals surface area contributed by atoms with Crippen molar-refractivity contribution in [3.8, 4) is 6.07 Å². The lowest BCUT2D eigenvalue weighted by atomic mass is 10.00. The summed E-state index contributed by atoms with van der Waals surface area (Å²) in [6.45, 7) is 2.11. The molecule has 4 nitrogen and oxygen atoms in total. The van der Waals surface area contributed by atoms with Gasteiger partial charge in [0.1, 0.15) is 0 Å². The van der Waals surface area contributed by atoms with Crippen molar-refractivity contribution in [1.29, 1.82) is 5.26 Å². The molecule has 0 unspecified atom stereocenters. The molecule has 0 saturated carbocycles. The van der Waals surface area contributed by atoms with Crippen molar-refractivity contribution >= 4 is 11.5 Å². The van der Waals surface area contributed by atoms with Crippen LogP contribution >= 0.6 is 0 Å². The standard InChI is InChI=1S/C16H20N2O2/c1-3-4-5-6-14(18)15(16(19)20-2)13-9-7-12(11-17)8-10-13/h7-10H,3-6,18H2,1-2H3/b15-14-. The predicted molar refractivity (Wildman–Crippen MR) is 78.4 cm³/mol. The number of benzene rings is 1. The molecule has 106 valence electrons. The van der Waals surface area contributed by atoms with Crippen LogP contribution in [0, 0.1) is 11.3 Å². The first kappa shape index (κ1) is 15.8. The number of carbonyl (C=O) groups is 1. The van der Waals surface area contributed by atoms with Crippen molar-refractivity contribution in [3.63, 3.8) is 0 Å². The molecule has 0 aliphatic rings. The Morgan fingerprint density at radius 3 is 2.45 bits per heavy atom. The zero-order valence-corrected chi connectivity index (χ0v) is 12.0. The van der Waals surface area contributed by atoms with Crippen LogP contribution in [0.5, 0.6) is 0 Å². The molecule has 0 aliphatic heterocycles. The molecule has 1 aromatic carbocycles. The Kier molecular flexibility index (Phi) is 6.31. The summed E-state index contributed by atoms with van der Waals surface area (Å²) < 4.78 is 4.81. The van der Waals surface area contributed by atoms with Crippen LogP contribution in [0.15, 0.2) is 30.0 Å². The summed E-state index contributed by atoms with van der Waals surface area (Å²) in [6.07, 6.45) is 3.78. The normalized spacial score (nSPS) is 11.4. The number of esters is 1. The molecule has 2 N–H and O–H groups in total. The van der Waals surface area contributed by atoms with Crippen LogP contribution in [0.3, 0.4) is 0 Å². The highest BCUT2D eigenvalue weighted by Crippen LogP contribution is 2.21. The number of nitrogens with two attached hydrogens (primary N) is 1. The molecule has 0 bridgehead atoms. The average molecular weight is 272 g/mol. The smallest absolute Gasteiger partial charge is 0.340 e. The summed E-state index contributed by atoms with van der Waals surface area (Å²) >= 11 is 0. The first-order chi connectivity index (χ1) is 9.63. The van der Waals surface area contributed by atoms with Crippen molar-refractivity contribution < 1.29 is 9.53 Å². The highest BCUT2D eigenvalue weighted by molar-refractivity contribution is 6.17. The third-order valence-electron chi connectivity index (χ3n) is 3.06. The lowest BCUT2D eigenvalue weighted by molar-refractivity contribution is -0.133. The first-order valence-electron chi connectivity index (χ1n) is 6.71. The maximum absolute atomic E-state index is 11.9. The molecule has 0 radical (unpaired) electrons. The van der Waals surface area contributed by atoms with E-state index in [9.17, 15) is 4.79 Å². The summed E-state index contributed by atoms with van der Waals surface area (Å²) in [5, 5.41) is 8.80. The maximum Gasteiger partial charge on any atom is 0.340 e. The minimum atomic E-state index is -0.441. The van der Waals surface area contributed by atoms with E-state index in [-0.39, 0.29) is 0 Å². The van der Waals surface area contributed by atoms with E-state index < -0.39 is 5.97 Å². The van der Waals surface area contributed by atoms with Gasteiger partial charge in [0.15, 0.2) is 0 Å². The molecule has 1 aromatic rings. The van der Waals surface area contributed by atoms with E-state index in [0.29, 0.717) is 28.8 Å². The number of unbranched alkanes of at least 4 members (excludes halogenated alkanes) is 2. The third-order valence-corrected chi connectivity index (χ3v) is 3.06. The highest BCUT2D eigenvalue weighted by Gasteiger charge is 2.16. The van der Waals surface area contributed by atoms with Crippen LogP contribution in [-0.4, -0.2) is 13.1 Å². The van der Waals surface area contributed by atoms with E-state index in [1.165, 1.54) is 7.11 Å². The van der Waals surface area contributed by atoms with Crippen LogP contribution in [0.4, 0.5) is 0 Å². The topological polar surface area (TPSA) is 76.1 Å². The number of nitrogens with zero attached hydrogens (tertiary/aromatic N) is 1. The van der Waals surface area contributed by atoms with Gasteiger partial charge in [-0.25, -0.2) is 4.79 Å². The van der Waals surface area contributed by atoms with Gasteiger partial charge in [-0.15, -0.1) is 0 Å². The summed E-state index contributed by atoms with van der Waals surface area (Å²) in [7, 11) is 1.34. The number of nitriles is 1. The van der Waals surface area contributed by atoms with Crippen LogP contribution < -0.4 is 5.73 Å². The fourth-order valence-electron chi connectivity index (χ4n) is 1.94. The summed E-state index contributed by atoms with van der Waals surface area (Å²) in [4.78, 5) is 11.9. The van der Waals surface area contributed by atoms with Crippen LogP contribution in [0.25, 0.3) is 5.57 Å².